The molecule has 0 heterocycles. The van der Waals surface area contributed by atoms with Crippen LogP contribution in [0.25, 0.3) is 0 Å². The number of hydrogen-bond donors (Lipinski definition) is 4. The summed E-state index contributed by atoms with van der Waals surface area (Å²) in [5.41, 5.74) is 0. The van der Waals surface area contributed by atoms with Gasteiger partial charge in [-0.15, -0.1) is 32.3 Å². The normalized spacial score (nSPS) is 10.6. The first kappa shape index (κ1) is 10.3. The molecule has 0 aliphatic heterocycles. The Morgan fingerprint density at radius 3 is 2.40 bits per heavy atom. The topological polar surface area (TPSA) is 32.3 Å². The van der Waals surface area contributed by atoms with Gasteiger partial charge in [-0.25, -0.2) is 4.79 Å². The second-order valence-corrected chi connectivity index (χ2v) is 6.81. The van der Waals surface area contributed by atoms with Gasteiger partial charge in [0.25, 0.3) is 0 Å². The quantitative estimate of drug-likeness (QED) is 0.388. The number of nitrogens with one attached hydrogen (secondary N) is 1. The first-order valence-corrected chi connectivity index (χ1v) is 6.47. The largest absolute Gasteiger partial charge is 0.331 e. The summed E-state index contributed by atoms with van der Waals surface area (Å²) in [4.78, 5) is 12.3. The SMILES string of the molecule is CN(C)C(=O)NC[SH](S)S. The van der Waals surface area contributed by atoms with Crippen LogP contribution in [-0.4, -0.2) is 30.9 Å². The maximum Gasteiger partial charge on any atom is 0.317 e. The molecule has 0 atom stereocenters. The molecular weight excluding hydrogens is 188 g/mol. The number of carbonyl (C=O) groups excluding carboxylic acids is 1. The Kier molecular flexibility index (Phi) is 5.20. The first-order valence-electron chi connectivity index (χ1n) is 2.64. The fourth-order valence-electron chi connectivity index (χ4n) is 0.296. The summed E-state index contributed by atoms with van der Waals surface area (Å²) >= 11 is 8.07. The highest BCUT2D eigenvalue weighted by Gasteiger charge is 2.00. The molecule has 0 fully saturated rings. The van der Waals surface area contributed by atoms with Crippen molar-refractivity contribution in [2.24, 2.45) is 0 Å². The predicted octanol–water partition coefficient (Wildman–Crippen LogP) is 0.906. The minimum absolute atomic E-state index is 0.101. The summed E-state index contributed by atoms with van der Waals surface area (Å²) in [7, 11) is 2.75. The van der Waals surface area contributed by atoms with Crippen molar-refractivity contribution in [2.75, 3.05) is 20.0 Å². The molecule has 0 saturated heterocycles. The van der Waals surface area contributed by atoms with Gasteiger partial charge in [-0.3, -0.25) is 0 Å². The highest BCUT2D eigenvalue weighted by molar-refractivity contribution is 9.09. The maximum atomic E-state index is 10.8. The Morgan fingerprint density at radius 1 is 1.60 bits per heavy atom. The van der Waals surface area contributed by atoms with E-state index in [0.717, 1.165) is 0 Å². The number of carbonyl (C=O) groups is 1. The van der Waals surface area contributed by atoms with Crippen molar-refractivity contribution in [1.29, 1.82) is 0 Å². The number of rotatable bonds is 2. The molecule has 62 valence electrons. The molecular formula is C4H12N2OS3. The van der Waals surface area contributed by atoms with Crippen LogP contribution in [0.15, 0.2) is 0 Å². The van der Waals surface area contributed by atoms with Crippen LogP contribution in [-0.2, 0) is 0 Å². The average molecular weight is 200 g/mol. The summed E-state index contributed by atoms with van der Waals surface area (Å²) in [6.07, 6.45) is 0. The third kappa shape index (κ3) is 5.13. The fraction of sp³-hybridized carbons (Fsp3) is 0.750. The van der Waals surface area contributed by atoms with Gasteiger partial charge in [0.2, 0.25) is 0 Å². The highest BCUT2D eigenvalue weighted by atomic mass is 33.5. The summed E-state index contributed by atoms with van der Waals surface area (Å²) in [6.45, 7) is 0. The molecule has 0 saturated carbocycles. The van der Waals surface area contributed by atoms with Crippen LogP contribution in [0.3, 0.4) is 0 Å². The van der Waals surface area contributed by atoms with Gasteiger partial charge in [0.1, 0.15) is 0 Å². The molecule has 3 nitrogen and oxygen atoms in total. The van der Waals surface area contributed by atoms with E-state index >= 15 is 0 Å². The van der Waals surface area contributed by atoms with Crippen LogP contribution in [0.4, 0.5) is 4.79 Å². The molecule has 1 N–H and O–H groups in total. The van der Waals surface area contributed by atoms with Crippen LogP contribution < -0.4 is 5.32 Å². The number of thiol groups is 3. The predicted molar refractivity (Wildman–Crippen MR) is 54.0 cm³/mol. The zero-order valence-electron chi connectivity index (χ0n) is 5.90. The van der Waals surface area contributed by atoms with Crippen molar-refractivity contribution in [2.45, 2.75) is 0 Å². The van der Waals surface area contributed by atoms with Crippen LogP contribution in [0, 0.1) is 0 Å². The highest BCUT2D eigenvalue weighted by Crippen LogP contribution is 2.32. The Labute approximate surface area is 73.5 Å². The standard InChI is InChI=1S/C4H12N2OS3/c1-6(2)4(7)5-3-10(8)9/h8-10H,3H2,1-2H3,(H,5,7). The fourth-order valence-corrected chi connectivity index (χ4v) is 0.997. The van der Waals surface area contributed by atoms with E-state index in [0.29, 0.717) is 5.88 Å². The third-order valence-electron chi connectivity index (χ3n) is 0.778. The first-order chi connectivity index (χ1) is 4.54. The number of urea groups is 1. The Balaban J connectivity index is 3.40. The van der Waals surface area contributed by atoms with E-state index in [4.69, 9.17) is 0 Å². The van der Waals surface area contributed by atoms with E-state index in [1.807, 2.05) is 0 Å². The van der Waals surface area contributed by atoms with Gasteiger partial charge in [-0.2, -0.15) is 0 Å². The molecule has 0 aliphatic carbocycles. The minimum atomic E-state index is -0.627. The summed E-state index contributed by atoms with van der Waals surface area (Å²) in [6, 6.07) is -0.101. The summed E-state index contributed by atoms with van der Waals surface area (Å²) in [5.74, 6) is 0.540. The van der Waals surface area contributed by atoms with Gasteiger partial charge in [-0.05, 0) is 0 Å². The lowest BCUT2D eigenvalue weighted by molar-refractivity contribution is 0.219. The van der Waals surface area contributed by atoms with Crippen LogP contribution in [0.5, 0.6) is 0 Å². The van der Waals surface area contributed by atoms with E-state index in [2.05, 4.69) is 28.6 Å². The second-order valence-electron chi connectivity index (χ2n) is 1.91. The zero-order valence-corrected chi connectivity index (χ0v) is 8.59. The van der Waals surface area contributed by atoms with Crippen molar-refractivity contribution in [3.63, 3.8) is 0 Å². The van der Waals surface area contributed by atoms with E-state index in [9.17, 15) is 4.79 Å². The Morgan fingerprint density at radius 2 is 2.10 bits per heavy atom. The number of nitrogens with zero attached hydrogens (tertiary/aromatic N) is 1. The van der Waals surface area contributed by atoms with E-state index < -0.39 is 8.96 Å². The minimum Gasteiger partial charge on any atom is -0.331 e. The lowest BCUT2D eigenvalue weighted by atomic mass is 10.8. The Bertz CT molecular complexity index is 117. The molecule has 10 heavy (non-hydrogen) atoms. The summed E-state index contributed by atoms with van der Waals surface area (Å²) in [5, 5.41) is 2.64. The lowest BCUT2D eigenvalue weighted by Crippen LogP contribution is -2.34. The van der Waals surface area contributed by atoms with Crippen molar-refractivity contribution in [3.8, 4) is 0 Å². The molecule has 0 aliphatic rings. The average Bonchev–Trinajstić information content (AvgIpc) is 1.82. The van der Waals surface area contributed by atoms with Crippen molar-refractivity contribution in [3.05, 3.63) is 0 Å². The number of amides is 2. The van der Waals surface area contributed by atoms with Gasteiger partial charge in [0, 0.05) is 14.1 Å². The molecule has 0 bridgehead atoms. The van der Waals surface area contributed by atoms with Crippen LogP contribution in [0.2, 0.25) is 0 Å². The van der Waals surface area contributed by atoms with Gasteiger partial charge in [0.15, 0.2) is 0 Å². The smallest absolute Gasteiger partial charge is 0.317 e. The molecule has 0 aromatic carbocycles. The van der Waals surface area contributed by atoms with E-state index in [1.165, 1.54) is 4.90 Å². The van der Waals surface area contributed by atoms with E-state index in [-0.39, 0.29) is 6.03 Å². The maximum absolute atomic E-state index is 10.8. The van der Waals surface area contributed by atoms with Gasteiger partial charge in [-0.1, -0.05) is 0 Å². The molecule has 0 aromatic rings. The molecule has 0 spiro atoms. The van der Waals surface area contributed by atoms with Crippen molar-refractivity contribution in [1.82, 2.24) is 10.2 Å². The number of hydrogen-bond acceptors (Lipinski definition) is 3. The molecule has 0 radical (unpaired) electrons. The third-order valence-corrected chi connectivity index (χ3v) is 2.07. The van der Waals surface area contributed by atoms with Gasteiger partial charge < -0.3 is 10.2 Å². The molecule has 6 heteroatoms. The second kappa shape index (κ2) is 5.03. The van der Waals surface area contributed by atoms with Gasteiger partial charge in [0.05, 0.1) is 5.88 Å². The molecule has 0 rings (SSSR count). The van der Waals surface area contributed by atoms with Gasteiger partial charge >= 0.3 is 6.03 Å². The van der Waals surface area contributed by atoms with Crippen molar-refractivity contribution >= 4 is 38.3 Å². The molecule has 2 amide bonds. The zero-order chi connectivity index (χ0) is 8.15. The lowest BCUT2D eigenvalue weighted by Gasteiger charge is -2.13. The molecule has 0 unspecified atom stereocenters. The van der Waals surface area contributed by atoms with Crippen molar-refractivity contribution < 1.29 is 4.79 Å². The Hall–Kier alpha value is 0.320. The van der Waals surface area contributed by atoms with Crippen LogP contribution >= 0.6 is 32.3 Å². The summed E-state index contributed by atoms with van der Waals surface area (Å²) < 4.78 is 0. The van der Waals surface area contributed by atoms with E-state index in [1.54, 1.807) is 14.1 Å². The monoisotopic (exact) mass is 200 g/mol. The molecule has 0 aromatic heterocycles. The van der Waals surface area contributed by atoms with Crippen LogP contribution in [0.1, 0.15) is 0 Å².